The molecule has 1 atom stereocenters. The van der Waals surface area contributed by atoms with Crippen molar-refractivity contribution in [3.05, 3.63) is 23.0 Å². The quantitative estimate of drug-likeness (QED) is 0.810. The highest BCUT2D eigenvalue weighted by Crippen LogP contribution is 2.18. The molecule has 0 bridgehead atoms. The number of aromatic nitrogens is 1. The summed E-state index contributed by atoms with van der Waals surface area (Å²) in [7, 11) is 0. The van der Waals surface area contributed by atoms with Gasteiger partial charge in [-0.15, -0.1) is 0 Å². The van der Waals surface area contributed by atoms with Crippen LogP contribution in [0.3, 0.4) is 0 Å². The van der Waals surface area contributed by atoms with Crippen molar-refractivity contribution in [2.45, 2.75) is 53.7 Å². The standard InChI is InChI=1S/C13H23NO/c1-9(2)8-14-10(3)6-13(12(14)5)7-11(4)15/h6,9,11,15H,7-8H2,1-5H3/t11-/m0/s1. The first kappa shape index (κ1) is 12.3. The third-order valence-corrected chi connectivity index (χ3v) is 2.74. The second-order valence-electron chi connectivity index (χ2n) is 4.95. The lowest BCUT2D eigenvalue weighted by Crippen LogP contribution is -2.09. The molecule has 1 aromatic rings. The molecule has 0 radical (unpaired) electrons. The average Bonchev–Trinajstić information content (AvgIpc) is 2.31. The predicted molar refractivity (Wildman–Crippen MR) is 64.1 cm³/mol. The van der Waals surface area contributed by atoms with Gasteiger partial charge < -0.3 is 9.67 Å². The second kappa shape index (κ2) is 4.84. The summed E-state index contributed by atoms with van der Waals surface area (Å²) in [5, 5.41) is 9.40. The van der Waals surface area contributed by atoms with Crippen LogP contribution in [0, 0.1) is 19.8 Å². The molecular weight excluding hydrogens is 186 g/mol. The smallest absolute Gasteiger partial charge is 0.0553 e. The van der Waals surface area contributed by atoms with Crippen molar-refractivity contribution in [2.24, 2.45) is 5.92 Å². The highest BCUT2D eigenvalue weighted by Gasteiger charge is 2.11. The van der Waals surface area contributed by atoms with E-state index in [1.54, 1.807) is 0 Å². The summed E-state index contributed by atoms with van der Waals surface area (Å²) in [6.45, 7) is 11.7. The van der Waals surface area contributed by atoms with Crippen molar-refractivity contribution < 1.29 is 5.11 Å². The maximum Gasteiger partial charge on any atom is 0.0553 e. The summed E-state index contributed by atoms with van der Waals surface area (Å²) in [4.78, 5) is 0. The van der Waals surface area contributed by atoms with E-state index in [4.69, 9.17) is 0 Å². The molecule has 1 aromatic heterocycles. The van der Waals surface area contributed by atoms with Crippen molar-refractivity contribution in [3.63, 3.8) is 0 Å². The summed E-state index contributed by atoms with van der Waals surface area (Å²) in [5.74, 6) is 0.661. The van der Waals surface area contributed by atoms with Crippen molar-refractivity contribution in [2.75, 3.05) is 0 Å². The van der Waals surface area contributed by atoms with E-state index in [-0.39, 0.29) is 6.10 Å². The molecule has 15 heavy (non-hydrogen) atoms. The Balaban J connectivity index is 2.93. The van der Waals surface area contributed by atoms with E-state index in [1.165, 1.54) is 17.0 Å². The van der Waals surface area contributed by atoms with Gasteiger partial charge in [-0.2, -0.15) is 0 Å². The molecule has 86 valence electrons. The molecule has 1 heterocycles. The van der Waals surface area contributed by atoms with Gasteiger partial charge in [-0.05, 0) is 44.7 Å². The zero-order valence-corrected chi connectivity index (χ0v) is 10.5. The molecule has 0 amide bonds. The third kappa shape index (κ3) is 3.10. The van der Waals surface area contributed by atoms with Crippen LogP contribution in [-0.2, 0) is 13.0 Å². The van der Waals surface area contributed by atoms with Gasteiger partial charge in [-0.1, -0.05) is 13.8 Å². The van der Waals surface area contributed by atoms with E-state index >= 15 is 0 Å². The number of rotatable bonds is 4. The number of aliphatic hydroxyl groups is 1. The van der Waals surface area contributed by atoms with Gasteiger partial charge in [0.05, 0.1) is 6.10 Å². The Labute approximate surface area is 92.9 Å². The number of aliphatic hydroxyl groups excluding tert-OH is 1. The monoisotopic (exact) mass is 209 g/mol. The van der Waals surface area contributed by atoms with E-state index in [2.05, 4.69) is 38.3 Å². The van der Waals surface area contributed by atoms with Crippen molar-refractivity contribution in [1.82, 2.24) is 4.57 Å². The lowest BCUT2D eigenvalue weighted by molar-refractivity contribution is 0.195. The summed E-state index contributed by atoms with van der Waals surface area (Å²) >= 11 is 0. The minimum Gasteiger partial charge on any atom is -0.393 e. The van der Waals surface area contributed by atoms with Gasteiger partial charge in [0.25, 0.3) is 0 Å². The molecule has 0 unspecified atom stereocenters. The molecule has 0 saturated carbocycles. The SMILES string of the molecule is Cc1cc(C[C@H](C)O)c(C)n1CC(C)C. The number of hydrogen-bond donors (Lipinski definition) is 1. The topological polar surface area (TPSA) is 25.2 Å². The maximum absolute atomic E-state index is 9.40. The molecule has 0 aromatic carbocycles. The van der Waals surface area contributed by atoms with Crippen molar-refractivity contribution in [3.8, 4) is 0 Å². The van der Waals surface area contributed by atoms with Crippen molar-refractivity contribution in [1.29, 1.82) is 0 Å². The Morgan fingerprint density at radius 2 is 1.87 bits per heavy atom. The minimum absolute atomic E-state index is 0.252. The first-order valence-electron chi connectivity index (χ1n) is 5.75. The summed E-state index contributed by atoms with van der Waals surface area (Å²) in [5.41, 5.74) is 3.89. The lowest BCUT2D eigenvalue weighted by atomic mass is 10.1. The van der Waals surface area contributed by atoms with E-state index < -0.39 is 0 Å². The van der Waals surface area contributed by atoms with Crippen LogP contribution in [0.2, 0.25) is 0 Å². The van der Waals surface area contributed by atoms with Gasteiger partial charge in [-0.3, -0.25) is 0 Å². The van der Waals surface area contributed by atoms with E-state index in [0.29, 0.717) is 5.92 Å². The van der Waals surface area contributed by atoms with Crippen LogP contribution in [-0.4, -0.2) is 15.8 Å². The summed E-state index contributed by atoms with van der Waals surface area (Å²) in [6.07, 6.45) is 0.510. The molecule has 2 nitrogen and oxygen atoms in total. The first-order chi connectivity index (χ1) is 6.91. The molecule has 0 aliphatic carbocycles. The normalized spacial score (nSPS) is 13.5. The van der Waals surface area contributed by atoms with Crippen molar-refractivity contribution >= 4 is 0 Å². The fourth-order valence-electron chi connectivity index (χ4n) is 2.04. The summed E-state index contributed by atoms with van der Waals surface area (Å²) in [6, 6.07) is 2.20. The van der Waals surface area contributed by atoms with Crippen LogP contribution < -0.4 is 0 Å². The largest absolute Gasteiger partial charge is 0.393 e. The Morgan fingerprint density at radius 3 is 2.33 bits per heavy atom. The average molecular weight is 209 g/mol. The molecule has 0 aliphatic heterocycles. The molecule has 2 heteroatoms. The molecule has 0 saturated heterocycles. The molecule has 0 spiro atoms. The van der Waals surface area contributed by atoms with Crippen LogP contribution in [0.15, 0.2) is 6.07 Å². The number of nitrogens with zero attached hydrogens (tertiary/aromatic N) is 1. The fraction of sp³-hybridized carbons (Fsp3) is 0.692. The predicted octanol–water partition coefficient (Wildman–Crippen LogP) is 2.68. The van der Waals surface area contributed by atoms with Gasteiger partial charge in [0.1, 0.15) is 0 Å². The molecular formula is C13H23NO. The summed E-state index contributed by atoms with van der Waals surface area (Å²) < 4.78 is 2.35. The molecule has 0 fully saturated rings. The Hall–Kier alpha value is -0.760. The number of hydrogen-bond acceptors (Lipinski definition) is 1. The highest BCUT2D eigenvalue weighted by atomic mass is 16.3. The Bertz CT molecular complexity index is 324. The van der Waals surface area contributed by atoms with Crippen LogP contribution in [0.1, 0.15) is 37.7 Å². The lowest BCUT2D eigenvalue weighted by Gasteiger charge is -2.12. The van der Waals surface area contributed by atoms with Gasteiger partial charge in [0.2, 0.25) is 0 Å². The van der Waals surface area contributed by atoms with Crippen LogP contribution in [0.5, 0.6) is 0 Å². The van der Waals surface area contributed by atoms with E-state index in [1.807, 2.05) is 6.92 Å². The second-order valence-corrected chi connectivity index (χ2v) is 4.95. The number of aryl methyl sites for hydroxylation is 1. The maximum atomic E-state index is 9.40. The minimum atomic E-state index is -0.252. The van der Waals surface area contributed by atoms with Crippen LogP contribution in [0.4, 0.5) is 0 Å². The molecule has 1 rings (SSSR count). The third-order valence-electron chi connectivity index (χ3n) is 2.74. The first-order valence-corrected chi connectivity index (χ1v) is 5.75. The van der Waals surface area contributed by atoms with Crippen LogP contribution in [0.25, 0.3) is 0 Å². The molecule has 1 N–H and O–H groups in total. The van der Waals surface area contributed by atoms with Gasteiger partial charge >= 0.3 is 0 Å². The Morgan fingerprint density at radius 1 is 1.27 bits per heavy atom. The van der Waals surface area contributed by atoms with Gasteiger partial charge in [-0.25, -0.2) is 0 Å². The fourth-order valence-corrected chi connectivity index (χ4v) is 2.04. The van der Waals surface area contributed by atoms with Gasteiger partial charge in [0, 0.05) is 17.9 Å². The van der Waals surface area contributed by atoms with Crippen LogP contribution >= 0.6 is 0 Å². The zero-order valence-electron chi connectivity index (χ0n) is 10.5. The van der Waals surface area contributed by atoms with Gasteiger partial charge in [0.15, 0.2) is 0 Å². The Kier molecular flexibility index (Phi) is 3.97. The van der Waals surface area contributed by atoms with E-state index in [9.17, 15) is 5.11 Å². The zero-order chi connectivity index (χ0) is 11.6. The molecule has 0 aliphatic rings. The highest BCUT2D eigenvalue weighted by molar-refractivity contribution is 5.27. The van der Waals surface area contributed by atoms with E-state index in [0.717, 1.165) is 13.0 Å².